The summed E-state index contributed by atoms with van der Waals surface area (Å²) in [6.45, 7) is 0.306. The molecule has 1 N–H and O–H groups in total. The minimum Gasteiger partial charge on any atom is -0.493 e. The summed E-state index contributed by atoms with van der Waals surface area (Å²) in [5, 5.41) is 8.68. The second-order valence-electron chi connectivity index (χ2n) is 4.95. The van der Waals surface area contributed by atoms with E-state index in [0.717, 1.165) is 5.56 Å². The summed E-state index contributed by atoms with van der Waals surface area (Å²) in [6.07, 6.45) is 2.11. The predicted molar refractivity (Wildman–Crippen MR) is 96.3 cm³/mol. The number of amides is 1. The van der Waals surface area contributed by atoms with E-state index in [1.54, 1.807) is 32.4 Å². The highest BCUT2D eigenvalue weighted by atomic mass is 32.2. The first-order chi connectivity index (χ1) is 11.5. The van der Waals surface area contributed by atoms with Crippen molar-refractivity contribution in [3.63, 3.8) is 0 Å². The molecule has 128 valence electrons. The van der Waals surface area contributed by atoms with Gasteiger partial charge in [0.15, 0.2) is 11.5 Å². The maximum atomic E-state index is 12.4. The third kappa shape index (κ3) is 4.27. The minimum atomic E-state index is -0.888. The van der Waals surface area contributed by atoms with Gasteiger partial charge in [-0.25, -0.2) is 0 Å². The number of carboxylic acids is 1. The van der Waals surface area contributed by atoms with Gasteiger partial charge < -0.3 is 14.6 Å². The Kier molecular flexibility index (Phi) is 6.22. The number of hydrogen-bond donors (Lipinski definition) is 1. The lowest BCUT2D eigenvalue weighted by atomic mass is 10.2. The average Bonchev–Trinajstić information content (AvgIpc) is 2.81. The summed E-state index contributed by atoms with van der Waals surface area (Å²) >= 11 is 6.42. The summed E-state index contributed by atoms with van der Waals surface area (Å²) in [5.74, 6) is 0.0885. The van der Waals surface area contributed by atoms with E-state index >= 15 is 0 Å². The third-order valence-electron chi connectivity index (χ3n) is 3.35. The van der Waals surface area contributed by atoms with Crippen LogP contribution in [0.2, 0.25) is 0 Å². The van der Waals surface area contributed by atoms with E-state index in [2.05, 4.69) is 0 Å². The highest BCUT2D eigenvalue weighted by molar-refractivity contribution is 8.26. The normalized spacial score (nSPS) is 15.9. The summed E-state index contributed by atoms with van der Waals surface area (Å²) in [4.78, 5) is 24.9. The first kappa shape index (κ1) is 18.3. The van der Waals surface area contributed by atoms with Crippen LogP contribution in [0.4, 0.5) is 0 Å². The van der Waals surface area contributed by atoms with Gasteiger partial charge in [0.25, 0.3) is 5.91 Å². The number of benzene rings is 1. The van der Waals surface area contributed by atoms with E-state index in [9.17, 15) is 9.59 Å². The molecule has 6 nitrogen and oxygen atoms in total. The van der Waals surface area contributed by atoms with Crippen molar-refractivity contribution >= 4 is 46.3 Å². The van der Waals surface area contributed by atoms with Crippen LogP contribution in [0.15, 0.2) is 23.1 Å². The minimum absolute atomic E-state index is 0.00574. The number of thioether (sulfide) groups is 1. The molecule has 0 bridgehead atoms. The van der Waals surface area contributed by atoms with Gasteiger partial charge in [-0.3, -0.25) is 14.5 Å². The Morgan fingerprint density at radius 1 is 1.33 bits per heavy atom. The molecule has 0 aliphatic carbocycles. The van der Waals surface area contributed by atoms with Crippen molar-refractivity contribution in [3.05, 3.63) is 28.7 Å². The molecule has 0 unspecified atom stereocenters. The topological polar surface area (TPSA) is 76.1 Å². The molecule has 1 aromatic rings. The van der Waals surface area contributed by atoms with E-state index in [4.69, 9.17) is 26.8 Å². The first-order valence-corrected chi connectivity index (χ1v) is 8.38. The molecule has 1 aliphatic heterocycles. The maximum Gasteiger partial charge on any atom is 0.303 e. The van der Waals surface area contributed by atoms with Gasteiger partial charge in [-0.2, -0.15) is 0 Å². The molecular formula is C16H17NO5S2. The third-order valence-corrected chi connectivity index (χ3v) is 4.73. The Balaban J connectivity index is 2.14. The number of hydrogen-bond acceptors (Lipinski definition) is 6. The molecule has 0 saturated carbocycles. The number of thiocarbonyl (C=S) groups is 1. The predicted octanol–water partition coefficient (Wildman–Crippen LogP) is 2.77. The number of carbonyl (C=O) groups is 2. The molecule has 1 fully saturated rings. The largest absolute Gasteiger partial charge is 0.493 e. The van der Waals surface area contributed by atoms with Gasteiger partial charge in [0, 0.05) is 13.0 Å². The smallest absolute Gasteiger partial charge is 0.303 e. The molecule has 0 atom stereocenters. The van der Waals surface area contributed by atoms with Gasteiger partial charge >= 0.3 is 5.97 Å². The van der Waals surface area contributed by atoms with Crippen molar-refractivity contribution < 1.29 is 24.2 Å². The summed E-state index contributed by atoms with van der Waals surface area (Å²) in [6, 6.07) is 5.35. The Morgan fingerprint density at radius 3 is 2.67 bits per heavy atom. The van der Waals surface area contributed by atoms with E-state index < -0.39 is 5.97 Å². The van der Waals surface area contributed by atoms with E-state index in [0.29, 0.717) is 33.7 Å². The van der Waals surface area contributed by atoms with Gasteiger partial charge in [0.05, 0.1) is 19.1 Å². The number of aliphatic carboxylic acids is 1. The Morgan fingerprint density at radius 2 is 2.04 bits per heavy atom. The number of nitrogens with zero attached hydrogens (tertiary/aromatic N) is 1. The fourth-order valence-electron chi connectivity index (χ4n) is 2.18. The summed E-state index contributed by atoms with van der Waals surface area (Å²) < 4.78 is 10.9. The van der Waals surface area contributed by atoms with Crippen LogP contribution in [-0.2, 0) is 9.59 Å². The van der Waals surface area contributed by atoms with E-state index in [-0.39, 0.29) is 12.3 Å². The fraction of sp³-hybridized carbons (Fsp3) is 0.312. The molecule has 0 aromatic heterocycles. The number of carboxylic acid groups (broad SMARTS) is 1. The van der Waals surface area contributed by atoms with Crippen molar-refractivity contribution in [1.82, 2.24) is 4.90 Å². The van der Waals surface area contributed by atoms with Crippen LogP contribution >= 0.6 is 24.0 Å². The lowest BCUT2D eigenvalue weighted by Gasteiger charge is -2.13. The lowest BCUT2D eigenvalue weighted by Crippen LogP contribution is -2.29. The van der Waals surface area contributed by atoms with Crippen LogP contribution in [0.3, 0.4) is 0 Å². The highest BCUT2D eigenvalue weighted by Crippen LogP contribution is 2.34. The summed E-state index contributed by atoms with van der Waals surface area (Å²) in [7, 11) is 3.10. The molecule has 1 aliphatic rings. The zero-order valence-electron chi connectivity index (χ0n) is 13.3. The molecule has 24 heavy (non-hydrogen) atoms. The molecule has 1 aromatic carbocycles. The van der Waals surface area contributed by atoms with Crippen LogP contribution in [0, 0.1) is 0 Å². The van der Waals surface area contributed by atoms with Crippen molar-refractivity contribution in [3.8, 4) is 11.5 Å². The zero-order valence-corrected chi connectivity index (χ0v) is 14.9. The first-order valence-electron chi connectivity index (χ1n) is 7.15. The number of rotatable bonds is 7. The Bertz CT molecular complexity index is 702. The second kappa shape index (κ2) is 8.16. The van der Waals surface area contributed by atoms with Crippen molar-refractivity contribution in [2.75, 3.05) is 20.8 Å². The molecular weight excluding hydrogens is 350 g/mol. The maximum absolute atomic E-state index is 12.4. The van der Waals surface area contributed by atoms with Crippen molar-refractivity contribution in [2.24, 2.45) is 0 Å². The van der Waals surface area contributed by atoms with Crippen LogP contribution in [0.25, 0.3) is 6.08 Å². The quantitative estimate of drug-likeness (QED) is 0.586. The second-order valence-corrected chi connectivity index (χ2v) is 6.62. The highest BCUT2D eigenvalue weighted by Gasteiger charge is 2.31. The SMILES string of the molecule is COc1ccc(C=C2SC(=S)N(CCCC(=O)O)C2=O)cc1OC. The average molecular weight is 367 g/mol. The molecule has 0 radical (unpaired) electrons. The Hall–Kier alpha value is -2.06. The van der Waals surface area contributed by atoms with E-state index in [1.807, 2.05) is 6.07 Å². The van der Waals surface area contributed by atoms with Gasteiger partial charge in [0.1, 0.15) is 4.32 Å². The number of methoxy groups -OCH3 is 2. The standard InChI is InChI=1S/C16H17NO5S2/c1-21-11-6-5-10(8-12(11)22-2)9-13-15(20)17(16(23)24-13)7-3-4-14(18)19/h5-6,8-9H,3-4,7H2,1-2H3,(H,18,19). The van der Waals surface area contributed by atoms with E-state index in [1.165, 1.54) is 16.7 Å². The molecule has 8 heteroatoms. The monoisotopic (exact) mass is 367 g/mol. The van der Waals surface area contributed by atoms with Crippen LogP contribution in [0.1, 0.15) is 18.4 Å². The van der Waals surface area contributed by atoms with Crippen LogP contribution in [-0.4, -0.2) is 47.0 Å². The van der Waals surface area contributed by atoms with Crippen LogP contribution < -0.4 is 9.47 Å². The molecule has 1 heterocycles. The fourth-order valence-corrected chi connectivity index (χ4v) is 3.48. The lowest BCUT2D eigenvalue weighted by molar-refractivity contribution is -0.137. The van der Waals surface area contributed by atoms with Gasteiger partial charge in [-0.15, -0.1) is 0 Å². The number of ether oxygens (including phenoxy) is 2. The Labute approximate surface area is 149 Å². The molecule has 2 rings (SSSR count). The van der Waals surface area contributed by atoms with Crippen molar-refractivity contribution in [2.45, 2.75) is 12.8 Å². The van der Waals surface area contributed by atoms with Gasteiger partial charge in [-0.05, 0) is 30.2 Å². The van der Waals surface area contributed by atoms with Gasteiger partial charge in [-0.1, -0.05) is 30.0 Å². The molecule has 1 saturated heterocycles. The van der Waals surface area contributed by atoms with Gasteiger partial charge in [0.2, 0.25) is 0 Å². The molecule has 0 spiro atoms. The molecule has 1 amide bonds. The summed E-state index contributed by atoms with van der Waals surface area (Å²) in [5.41, 5.74) is 0.790. The number of carbonyl (C=O) groups excluding carboxylic acids is 1. The van der Waals surface area contributed by atoms with Crippen LogP contribution in [0.5, 0.6) is 11.5 Å². The zero-order chi connectivity index (χ0) is 17.7. The van der Waals surface area contributed by atoms with Crippen molar-refractivity contribution in [1.29, 1.82) is 0 Å².